The van der Waals surface area contributed by atoms with E-state index in [9.17, 15) is 9.90 Å². The molecule has 1 N–H and O–H groups in total. The number of benzene rings is 1. The maximum Gasteiger partial charge on any atom is 0.254 e. The second kappa shape index (κ2) is 5.78. The Morgan fingerprint density at radius 1 is 1.47 bits per heavy atom. The van der Waals surface area contributed by atoms with Gasteiger partial charge < -0.3 is 14.7 Å². The Hall–Kier alpha value is -1.97. The van der Waals surface area contributed by atoms with Crippen molar-refractivity contribution in [2.24, 2.45) is 0 Å². The van der Waals surface area contributed by atoms with Gasteiger partial charge in [-0.2, -0.15) is 0 Å². The van der Waals surface area contributed by atoms with E-state index in [4.69, 9.17) is 4.74 Å². The first-order valence-corrected chi connectivity index (χ1v) is 6.11. The number of hydrogen-bond donors (Lipinski definition) is 1. The Balaban J connectivity index is 3.10. The van der Waals surface area contributed by atoms with Gasteiger partial charge in [0.2, 0.25) is 0 Å². The molecule has 0 heterocycles. The van der Waals surface area contributed by atoms with E-state index in [1.807, 2.05) is 20.8 Å². The molecule has 0 atom stereocenters. The molecular formula is C15H21NO3. The number of amides is 1. The molecule has 0 spiro atoms. The second-order valence-electron chi connectivity index (χ2n) is 5.26. The van der Waals surface area contributed by atoms with Gasteiger partial charge in [-0.05, 0) is 39.0 Å². The quantitative estimate of drug-likeness (QED) is 0.850. The highest BCUT2D eigenvalue weighted by atomic mass is 16.5. The van der Waals surface area contributed by atoms with Crippen LogP contribution in [0.15, 0.2) is 30.9 Å². The van der Waals surface area contributed by atoms with Gasteiger partial charge in [-0.15, -0.1) is 6.58 Å². The van der Waals surface area contributed by atoms with E-state index in [1.54, 1.807) is 23.1 Å². The summed E-state index contributed by atoms with van der Waals surface area (Å²) in [6.07, 6.45) is 1.69. The molecule has 0 saturated heterocycles. The van der Waals surface area contributed by atoms with Crippen molar-refractivity contribution >= 4 is 5.91 Å². The van der Waals surface area contributed by atoms with E-state index in [1.165, 1.54) is 13.2 Å². The monoisotopic (exact) mass is 263 g/mol. The van der Waals surface area contributed by atoms with Crippen molar-refractivity contribution < 1.29 is 14.6 Å². The normalized spacial score (nSPS) is 10.9. The summed E-state index contributed by atoms with van der Waals surface area (Å²) in [5, 5.41) is 9.74. The summed E-state index contributed by atoms with van der Waals surface area (Å²) in [5.74, 6) is 0.161. The van der Waals surface area contributed by atoms with Crippen LogP contribution in [0.3, 0.4) is 0 Å². The third-order valence-corrected chi connectivity index (χ3v) is 2.79. The van der Waals surface area contributed by atoms with Gasteiger partial charge in [0.1, 0.15) is 0 Å². The zero-order chi connectivity index (χ0) is 14.6. The number of hydrogen-bond acceptors (Lipinski definition) is 3. The fourth-order valence-corrected chi connectivity index (χ4v) is 1.77. The van der Waals surface area contributed by atoms with Crippen LogP contribution in [-0.4, -0.2) is 35.1 Å². The largest absolute Gasteiger partial charge is 0.504 e. The molecule has 4 heteroatoms. The molecule has 0 aromatic heterocycles. The molecule has 104 valence electrons. The third-order valence-electron chi connectivity index (χ3n) is 2.79. The SMILES string of the molecule is C=CCN(C(=O)c1ccc(OC)c(O)c1)C(C)(C)C. The molecule has 0 saturated carbocycles. The standard InChI is InChI=1S/C15H21NO3/c1-6-9-16(15(2,3)4)14(18)11-7-8-13(19-5)12(17)10-11/h6-8,10,17H,1,9H2,2-5H3. The van der Waals surface area contributed by atoms with Crippen molar-refractivity contribution in [3.8, 4) is 11.5 Å². The van der Waals surface area contributed by atoms with E-state index in [0.29, 0.717) is 17.9 Å². The Morgan fingerprint density at radius 3 is 2.53 bits per heavy atom. The fourth-order valence-electron chi connectivity index (χ4n) is 1.77. The zero-order valence-electron chi connectivity index (χ0n) is 11.9. The minimum absolute atomic E-state index is 0.0409. The predicted octanol–water partition coefficient (Wildman–Crippen LogP) is 2.83. The molecule has 4 nitrogen and oxygen atoms in total. The molecule has 1 rings (SSSR count). The topological polar surface area (TPSA) is 49.8 Å². The summed E-state index contributed by atoms with van der Waals surface area (Å²) < 4.78 is 4.96. The maximum absolute atomic E-state index is 12.5. The van der Waals surface area contributed by atoms with Gasteiger partial charge in [0.25, 0.3) is 5.91 Å². The van der Waals surface area contributed by atoms with Crippen LogP contribution in [0.25, 0.3) is 0 Å². The number of nitrogens with zero attached hydrogens (tertiary/aromatic N) is 1. The fraction of sp³-hybridized carbons (Fsp3) is 0.400. The minimum atomic E-state index is -0.319. The van der Waals surface area contributed by atoms with Crippen LogP contribution in [0.2, 0.25) is 0 Å². The second-order valence-corrected chi connectivity index (χ2v) is 5.26. The molecule has 1 amide bonds. The van der Waals surface area contributed by atoms with Crippen LogP contribution in [0, 0.1) is 0 Å². The summed E-state index contributed by atoms with van der Waals surface area (Å²) in [4.78, 5) is 14.2. The molecule has 0 aliphatic rings. The van der Waals surface area contributed by atoms with Gasteiger partial charge in [0.05, 0.1) is 7.11 Å². The van der Waals surface area contributed by atoms with Crippen molar-refractivity contribution in [3.63, 3.8) is 0 Å². The molecule has 1 aromatic rings. The number of aromatic hydroxyl groups is 1. The molecule has 1 aromatic carbocycles. The summed E-state index contributed by atoms with van der Waals surface area (Å²) >= 11 is 0. The molecule has 0 bridgehead atoms. The first kappa shape index (κ1) is 15.1. The molecule has 0 radical (unpaired) electrons. The first-order valence-electron chi connectivity index (χ1n) is 6.11. The van der Waals surface area contributed by atoms with E-state index >= 15 is 0 Å². The van der Waals surface area contributed by atoms with E-state index in [2.05, 4.69) is 6.58 Å². The maximum atomic E-state index is 12.5. The van der Waals surface area contributed by atoms with Gasteiger partial charge in [-0.3, -0.25) is 4.79 Å². The predicted molar refractivity (Wildman–Crippen MR) is 75.6 cm³/mol. The third kappa shape index (κ3) is 3.50. The lowest BCUT2D eigenvalue weighted by atomic mass is 10.0. The van der Waals surface area contributed by atoms with E-state index in [0.717, 1.165) is 0 Å². The highest BCUT2D eigenvalue weighted by Crippen LogP contribution is 2.27. The van der Waals surface area contributed by atoms with Crippen LogP contribution >= 0.6 is 0 Å². The van der Waals surface area contributed by atoms with Gasteiger partial charge in [-0.1, -0.05) is 6.08 Å². The Labute approximate surface area is 114 Å². The number of carbonyl (C=O) groups excluding carboxylic acids is 1. The van der Waals surface area contributed by atoms with E-state index < -0.39 is 0 Å². The minimum Gasteiger partial charge on any atom is -0.504 e. The van der Waals surface area contributed by atoms with Crippen LogP contribution in [-0.2, 0) is 0 Å². The molecule has 0 aliphatic heterocycles. The average molecular weight is 263 g/mol. The molecule has 0 aliphatic carbocycles. The number of methoxy groups -OCH3 is 1. The number of rotatable bonds is 4. The number of carbonyl (C=O) groups is 1. The van der Waals surface area contributed by atoms with Gasteiger partial charge in [-0.25, -0.2) is 0 Å². The van der Waals surface area contributed by atoms with Crippen molar-refractivity contribution in [2.75, 3.05) is 13.7 Å². The summed E-state index contributed by atoms with van der Waals surface area (Å²) in [5.41, 5.74) is 0.107. The highest BCUT2D eigenvalue weighted by molar-refractivity contribution is 5.95. The van der Waals surface area contributed by atoms with Crippen molar-refractivity contribution in [1.82, 2.24) is 4.90 Å². The van der Waals surface area contributed by atoms with Crippen LogP contribution in [0.1, 0.15) is 31.1 Å². The van der Waals surface area contributed by atoms with Crippen LogP contribution in [0.4, 0.5) is 0 Å². The van der Waals surface area contributed by atoms with Crippen molar-refractivity contribution in [3.05, 3.63) is 36.4 Å². The van der Waals surface area contributed by atoms with Gasteiger partial charge >= 0.3 is 0 Å². The van der Waals surface area contributed by atoms with Crippen molar-refractivity contribution in [1.29, 1.82) is 0 Å². The average Bonchev–Trinajstić information content (AvgIpc) is 2.33. The molecule has 0 fully saturated rings. The van der Waals surface area contributed by atoms with Gasteiger partial charge in [0.15, 0.2) is 11.5 Å². The number of phenols is 1. The first-order chi connectivity index (χ1) is 8.81. The molecule has 19 heavy (non-hydrogen) atoms. The van der Waals surface area contributed by atoms with Crippen molar-refractivity contribution in [2.45, 2.75) is 26.3 Å². The number of ether oxygens (including phenoxy) is 1. The Morgan fingerprint density at radius 2 is 2.11 bits per heavy atom. The van der Waals surface area contributed by atoms with E-state index in [-0.39, 0.29) is 17.2 Å². The number of phenolic OH excluding ortho intramolecular Hbond substituents is 1. The highest BCUT2D eigenvalue weighted by Gasteiger charge is 2.26. The lowest BCUT2D eigenvalue weighted by Gasteiger charge is -2.35. The smallest absolute Gasteiger partial charge is 0.254 e. The van der Waals surface area contributed by atoms with Crippen LogP contribution in [0.5, 0.6) is 11.5 Å². The molecule has 0 unspecified atom stereocenters. The zero-order valence-corrected chi connectivity index (χ0v) is 11.9. The summed E-state index contributed by atoms with van der Waals surface area (Å²) in [7, 11) is 1.47. The molecular weight excluding hydrogens is 242 g/mol. The Kier molecular flexibility index (Phi) is 4.59. The van der Waals surface area contributed by atoms with Gasteiger partial charge in [0, 0.05) is 17.6 Å². The summed E-state index contributed by atoms with van der Waals surface area (Å²) in [6, 6.07) is 4.64. The lowest BCUT2D eigenvalue weighted by molar-refractivity contribution is 0.0616. The van der Waals surface area contributed by atoms with Crippen LogP contribution < -0.4 is 4.74 Å². The lowest BCUT2D eigenvalue weighted by Crippen LogP contribution is -2.45. The summed E-state index contributed by atoms with van der Waals surface area (Å²) in [6.45, 7) is 9.99. The Bertz CT molecular complexity index is 475.